The van der Waals surface area contributed by atoms with Crippen LogP contribution >= 0.6 is 23.1 Å². The number of allylic oxidation sites excluding steroid dienone is 2. The van der Waals surface area contributed by atoms with E-state index in [9.17, 15) is 9.59 Å². The second-order valence-corrected chi connectivity index (χ2v) is 12.3. The third-order valence-corrected chi connectivity index (χ3v) is 8.92. The van der Waals surface area contributed by atoms with E-state index in [0.29, 0.717) is 39.0 Å². The van der Waals surface area contributed by atoms with Crippen LogP contribution in [0.3, 0.4) is 0 Å². The van der Waals surface area contributed by atoms with Crippen LogP contribution in [-0.2, 0) is 22.4 Å². The van der Waals surface area contributed by atoms with Crippen molar-refractivity contribution in [2.75, 3.05) is 6.61 Å². The molecule has 3 aromatic rings. The molecule has 0 saturated heterocycles. The van der Waals surface area contributed by atoms with E-state index in [0.717, 1.165) is 25.0 Å². The number of hydrogen-bond acceptors (Lipinski definition) is 6. The van der Waals surface area contributed by atoms with Gasteiger partial charge in [0.05, 0.1) is 12.0 Å². The summed E-state index contributed by atoms with van der Waals surface area (Å²) in [6.07, 6.45) is 7.89. The molecule has 1 aromatic carbocycles. The van der Waals surface area contributed by atoms with E-state index < -0.39 is 0 Å². The topological polar surface area (TPSA) is 61.2 Å². The molecule has 0 saturated carbocycles. The SMILES string of the molecule is CCOC(=O)c1sc2nc(SCc3ccc(C(C)(C)C)cc3)n(CCC3=CCCCC3)c(=O)c2c1C. The molecule has 4 rings (SSSR count). The van der Waals surface area contributed by atoms with Crippen molar-refractivity contribution in [3.05, 3.63) is 67.8 Å². The summed E-state index contributed by atoms with van der Waals surface area (Å²) >= 11 is 2.84. The maximum Gasteiger partial charge on any atom is 0.348 e. The van der Waals surface area contributed by atoms with Crippen LogP contribution in [0.25, 0.3) is 10.2 Å². The molecule has 0 N–H and O–H groups in total. The third kappa shape index (κ3) is 5.94. The number of hydrogen-bond donors (Lipinski definition) is 0. The highest BCUT2D eigenvalue weighted by Crippen LogP contribution is 2.32. The number of benzene rings is 1. The zero-order chi connectivity index (χ0) is 25.9. The van der Waals surface area contributed by atoms with Crippen molar-refractivity contribution in [2.45, 2.75) is 89.6 Å². The van der Waals surface area contributed by atoms with Crippen LogP contribution in [0, 0.1) is 6.92 Å². The maximum absolute atomic E-state index is 13.7. The number of rotatable bonds is 8. The molecule has 0 spiro atoms. The van der Waals surface area contributed by atoms with E-state index in [4.69, 9.17) is 9.72 Å². The molecule has 2 heterocycles. The van der Waals surface area contributed by atoms with Crippen molar-refractivity contribution in [1.29, 1.82) is 0 Å². The first-order valence-electron chi connectivity index (χ1n) is 12.8. The van der Waals surface area contributed by atoms with Gasteiger partial charge < -0.3 is 4.74 Å². The molecular weight excluding hydrogens is 488 g/mol. The second kappa shape index (κ2) is 11.3. The Morgan fingerprint density at radius 2 is 1.94 bits per heavy atom. The summed E-state index contributed by atoms with van der Waals surface area (Å²) in [5, 5.41) is 1.25. The molecule has 0 bridgehead atoms. The molecule has 2 aromatic heterocycles. The number of carbonyl (C=O) groups excluding carboxylic acids is 1. The van der Waals surface area contributed by atoms with E-state index >= 15 is 0 Å². The van der Waals surface area contributed by atoms with E-state index in [1.165, 1.54) is 40.9 Å². The summed E-state index contributed by atoms with van der Waals surface area (Å²) in [4.78, 5) is 32.2. The third-order valence-electron chi connectivity index (χ3n) is 6.71. The molecule has 7 heteroatoms. The summed E-state index contributed by atoms with van der Waals surface area (Å²) in [5.41, 5.74) is 4.64. The van der Waals surface area contributed by atoms with Gasteiger partial charge in [-0.15, -0.1) is 11.3 Å². The Hall–Kier alpha value is -2.38. The predicted octanol–water partition coefficient (Wildman–Crippen LogP) is 7.42. The molecule has 0 aliphatic heterocycles. The number of thiophene rings is 1. The molecule has 5 nitrogen and oxygen atoms in total. The van der Waals surface area contributed by atoms with Crippen molar-refractivity contribution < 1.29 is 9.53 Å². The molecule has 36 heavy (non-hydrogen) atoms. The molecule has 0 atom stereocenters. The van der Waals surface area contributed by atoms with Crippen molar-refractivity contribution in [3.63, 3.8) is 0 Å². The van der Waals surface area contributed by atoms with Gasteiger partial charge >= 0.3 is 5.97 Å². The van der Waals surface area contributed by atoms with Crippen molar-refractivity contribution in [3.8, 4) is 0 Å². The average Bonchev–Trinajstić information content (AvgIpc) is 3.19. The number of esters is 1. The fraction of sp³-hybridized carbons (Fsp3) is 0.483. The Morgan fingerprint density at radius 1 is 1.19 bits per heavy atom. The summed E-state index contributed by atoms with van der Waals surface area (Å²) in [7, 11) is 0. The Bertz CT molecular complexity index is 1330. The van der Waals surface area contributed by atoms with Gasteiger partial charge in [0.15, 0.2) is 5.16 Å². The van der Waals surface area contributed by atoms with Gasteiger partial charge in [-0.3, -0.25) is 9.36 Å². The first kappa shape index (κ1) is 26.7. The zero-order valence-electron chi connectivity index (χ0n) is 22.0. The van der Waals surface area contributed by atoms with Crippen LogP contribution < -0.4 is 5.56 Å². The van der Waals surface area contributed by atoms with E-state index in [1.54, 1.807) is 18.7 Å². The minimum absolute atomic E-state index is 0.0636. The summed E-state index contributed by atoms with van der Waals surface area (Å²) in [6, 6.07) is 8.69. The monoisotopic (exact) mass is 524 g/mol. The van der Waals surface area contributed by atoms with Gasteiger partial charge in [0, 0.05) is 12.3 Å². The minimum atomic E-state index is -0.385. The Morgan fingerprint density at radius 3 is 2.58 bits per heavy atom. The Balaban J connectivity index is 1.68. The zero-order valence-corrected chi connectivity index (χ0v) is 23.6. The first-order chi connectivity index (χ1) is 17.2. The van der Waals surface area contributed by atoms with Crippen molar-refractivity contribution in [2.24, 2.45) is 0 Å². The quantitative estimate of drug-likeness (QED) is 0.133. The van der Waals surface area contributed by atoms with Crippen LogP contribution in [0.15, 0.2) is 45.9 Å². The largest absolute Gasteiger partial charge is 0.462 e. The number of ether oxygens (including phenoxy) is 1. The van der Waals surface area contributed by atoms with Crippen LogP contribution in [0.4, 0.5) is 0 Å². The highest BCUT2D eigenvalue weighted by atomic mass is 32.2. The number of aryl methyl sites for hydroxylation is 1. The van der Waals surface area contributed by atoms with Gasteiger partial charge in [0.1, 0.15) is 9.71 Å². The standard InChI is InChI=1S/C29H36N2O3S2/c1-6-34-27(33)24-19(2)23-25(36-24)30-28(31(26(23)32)17-16-20-10-8-7-9-11-20)35-18-21-12-14-22(15-13-21)29(3,4)5/h10,12-15H,6-9,11,16-18H2,1-5H3. The lowest BCUT2D eigenvalue weighted by Crippen LogP contribution is -2.24. The van der Waals surface area contributed by atoms with Gasteiger partial charge in [0.2, 0.25) is 0 Å². The number of fused-ring (bicyclic) bond motifs is 1. The smallest absolute Gasteiger partial charge is 0.348 e. The molecule has 1 aliphatic carbocycles. The number of nitrogens with zero attached hydrogens (tertiary/aromatic N) is 2. The van der Waals surface area contributed by atoms with Gasteiger partial charge in [-0.25, -0.2) is 9.78 Å². The lowest BCUT2D eigenvalue weighted by atomic mass is 9.87. The number of thioether (sulfide) groups is 1. The van der Waals surface area contributed by atoms with Gasteiger partial charge in [0.25, 0.3) is 5.56 Å². The highest BCUT2D eigenvalue weighted by molar-refractivity contribution is 7.98. The number of carbonyl (C=O) groups is 1. The van der Waals surface area contributed by atoms with Gasteiger partial charge in [-0.05, 0) is 68.1 Å². The Kier molecular flexibility index (Phi) is 8.41. The van der Waals surface area contributed by atoms with Crippen LogP contribution in [0.5, 0.6) is 0 Å². The second-order valence-electron chi connectivity index (χ2n) is 10.4. The normalized spacial score (nSPS) is 14.2. The first-order valence-corrected chi connectivity index (χ1v) is 14.6. The van der Waals surface area contributed by atoms with Crippen LogP contribution in [0.1, 0.15) is 86.2 Å². The molecule has 192 valence electrons. The molecule has 0 radical (unpaired) electrons. The summed E-state index contributed by atoms with van der Waals surface area (Å²) in [6.45, 7) is 11.1. The van der Waals surface area contributed by atoms with Crippen LogP contribution in [0.2, 0.25) is 0 Å². The highest BCUT2D eigenvalue weighted by Gasteiger charge is 2.23. The van der Waals surface area contributed by atoms with Gasteiger partial charge in [-0.2, -0.15) is 0 Å². The lowest BCUT2D eigenvalue weighted by molar-refractivity contribution is 0.0531. The summed E-state index contributed by atoms with van der Waals surface area (Å²) in [5.74, 6) is 0.338. The average molecular weight is 525 g/mol. The maximum atomic E-state index is 13.7. The van der Waals surface area contributed by atoms with Crippen molar-refractivity contribution in [1.82, 2.24) is 9.55 Å². The van der Waals surface area contributed by atoms with Gasteiger partial charge in [-0.1, -0.05) is 68.4 Å². The number of aromatic nitrogens is 2. The minimum Gasteiger partial charge on any atom is -0.462 e. The molecule has 1 aliphatic rings. The lowest BCUT2D eigenvalue weighted by Gasteiger charge is -2.19. The fourth-order valence-electron chi connectivity index (χ4n) is 4.53. The van der Waals surface area contributed by atoms with E-state index in [2.05, 4.69) is 51.1 Å². The molecule has 0 amide bonds. The van der Waals surface area contributed by atoms with Crippen molar-refractivity contribution >= 4 is 39.3 Å². The van der Waals surface area contributed by atoms with E-state index in [1.807, 2.05) is 11.5 Å². The van der Waals surface area contributed by atoms with E-state index in [-0.39, 0.29) is 16.9 Å². The molecule has 0 fully saturated rings. The Labute approximate surface area is 222 Å². The predicted molar refractivity (Wildman–Crippen MR) is 150 cm³/mol. The molecule has 0 unspecified atom stereocenters. The van der Waals surface area contributed by atoms with Crippen LogP contribution in [-0.4, -0.2) is 22.1 Å². The summed E-state index contributed by atoms with van der Waals surface area (Å²) < 4.78 is 7.05. The fourth-order valence-corrected chi connectivity index (χ4v) is 6.63. The molecular formula is C29H36N2O3S2.